The lowest BCUT2D eigenvalue weighted by Gasteiger charge is -2.19. The van der Waals surface area contributed by atoms with E-state index in [4.69, 9.17) is 0 Å². The number of carbonyl (C=O) groups excluding carboxylic acids is 2. The number of nitrogens with zero attached hydrogens (tertiary/aromatic N) is 3. The number of aromatic nitrogens is 3. The minimum absolute atomic E-state index is 0.141. The first kappa shape index (κ1) is 18.9. The number of fused-ring (bicyclic) bond motifs is 1. The number of hydrogen-bond acceptors (Lipinski definition) is 4. The molecule has 0 saturated carbocycles. The highest BCUT2D eigenvalue weighted by Gasteiger charge is 2.24. The van der Waals surface area contributed by atoms with E-state index in [1.54, 1.807) is 24.0 Å². The van der Waals surface area contributed by atoms with Gasteiger partial charge < -0.3 is 10.6 Å². The zero-order valence-corrected chi connectivity index (χ0v) is 15.8. The molecule has 0 unspecified atom stereocenters. The van der Waals surface area contributed by atoms with Crippen LogP contribution in [0.4, 0.5) is 0 Å². The maximum absolute atomic E-state index is 12.8. The largest absolute Gasteiger partial charge is 0.357 e. The Labute approximate surface area is 148 Å². The quantitative estimate of drug-likeness (QED) is 0.840. The summed E-state index contributed by atoms with van der Waals surface area (Å²) in [5, 5.41) is 10.5. The third kappa shape index (κ3) is 4.15. The highest BCUT2D eigenvalue weighted by Crippen LogP contribution is 2.21. The van der Waals surface area contributed by atoms with Gasteiger partial charge in [-0.3, -0.25) is 9.59 Å². The van der Waals surface area contributed by atoms with Gasteiger partial charge in [-0.2, -0.15) is 5.10 Å². The standard InChI is InChI=1S/C18H27N5O2/c1-10(2)7-15(18(25)19-6)22-17(24)13-8-12(5)21-16-14(13)9-20-23(16)11(3)4/h8-11,15H,7H2,1-6H3,(H,19,25)(H,22,24)/t15-/m1/s1. The molecule has 2 heterocycles. The molecule has 0 aliphatic rings. The van der Waals surface area contributed by atoms with Gasteiger partial charge in [0.1, 0.15) is 6.04 Å². The Balaban J connectivity index is 2.39. The molecule has 2 rings (SSSR count). The van der Waals surface area contributed by atoms with E-state index in [0.29, 0.717) is 23.0 Å². The molecular weight excluding hydrogens is 318 g/mol. The molecule has 7 nitrogen and oxygen atoms in total. The minimum Gasteiger partial charge on any atom is -0.357 e. The Kier molecular flexibility index (Phi) is 5.77. The SMILES string of the molecule is CNC(=O)[C@@H](CC(C)C)NC(=O)c1cc(C)nc2c1cnn2C(C)C. The molecule has 7 heteroatoms. The van der Waals surface area contributed by atoms with Gasteiger partial charge in [0.05, 0.1) is 17.1 Å². The topological polar surface area (TPSA) is 88.9 Å². The molecule has 0 bridgehead atoms. The smallest absolute Gasteiger partial charge is 0.252 e. The predicted molar refractivity (Wildman–Crippen MR) is 97.4 cm³/mol. The van der Waals surface area contributed by atoms with Crippen molar-refractivity contribution in [2.45, 2.75) is 53.1 Å². The van der Waals surface area contributed by atoms with Crippen molar-refractivity contribution in [3.8, 4) is 0 Å². The third-order valence-corrected chi connectivity index (χ3v) is 4.00. The highest BCUT2D eigenvalue weighted by atomic mass is 16.2. The number of hydrogen-bond donors (Lipinski definition) is 2. The lowest BCUT2D eigenvalue weighted by molar-refractivity contribution is -0.122. The summed E-state index contributed by atoms with van der Waals surface area (Å²) in [5.41, 5.74) is 1.91. The van der Waals surface area contributed by atoms with Gasteiger partial charge in [-0.25, -0.2) is 9.67 Å². The number of carbonyl (C=O) groups is 2. The van der Waals surface area contributed by atoms with Crippen LogP contribution < -0.4 is 10.6 Å². The van der Waals surface area contributed by atoms with Crippen LogP contribution in [0.25, 0.3) is 11.0 Å². The molecule has 0 spiro atoms. The fraction of sp³-hybridized carbons (Fsp3) is 0.556. The van der Waals surface area contributed by atoms with E-state index < -0.39 is 6.04 Å². The zero-order valence-electron chi connectivity index (χ0n) is 15.8. The van der Waals surface area contributed by atoms with Gasteiger partial charge in [-0.1, -0.05) is 13.8 Å². The van der Waals surface area contributed by atoms with Crippen molar-refractivity contribution in [3.63, 3.8) is 0 Å². The molecule has 1 atom stereocenters. The molecule has 0 aliphatic carbocycles. The molecule has 2 N–H and O–H groups in total. The number of amides is 2. The molecule has 0 fully saturated rings. The summed E-state index contributed by atoms with van der Waals surface area (Å²) in [6, 6.07) is 1.31. The fourth-order valence-electron chi connectivity index (χ4n) is 2.82. The van der Waals surface area contributed by atoms with Crippen LogP contribution in [0.1, 0.15) is 56.2 Å². The minimum atomic E-state index is -0.568. The Morgan fingerprint density at radius 3 is 2.48 bits per heavy atom. The second kappa shape index (κ2) is 7.63. The number of likely N-dealkylation sites (N-methyl/N-ethyl adjacent to an activating group) is 1. The van der Waals surface area contributed by atoms with Crippen LogP contribution in [-0.4, -0.2) is 39.7 Å². The predicted octanol–water partition coefficient (Wildman–Crippen LogP) is 2.21. The highest BCUT2D eigenvalue weighted by molar-refractivity contribution is 6.06. The maximum atomic E-state index is 12.8. The van der Waals surface area contributed by atoms with Crippen molar-refractivity contribution >= 4 is 22.8 Å². The van der Waals surface area contributed by atoms with Gasteiger partial charge in [0.2, 0.25) is 5.91 Å². The Bertz CT molecular complexity index is 779. The van der Waals surface area contributed by atoms with E-state index in [-0.39, 0.29) is 23.8 Å². The van der Waals surface area contributed by atoms with Gasteiger partial charge in [-0.15, -0.1) is 0 Å². The molecule has 136 valence electrons. The monoisotopic (exact) mass is 345 g/mol. The fourth-order valence-corrected chi connectivity index (χ4v) is 2.82. The van der Waals surface area contributed by atoms with Crippen molar-refractivity contribution in [1.82, 2.24) is 25.4 Å². The van der Waals surface area contributed by atoms with Gasteiger partial charge >= 0.3 is 0 Å². The summed E-state index contributed by atoms with van der Waals surface area (Å²) < 4.78 is 1.80. The van der Waals surface area contributed by atoms with Crippen LogP contribution in [0.3, 0.4) is 0 Å². The Morgan fingerprint density at radius 2 is 1.92 bits per heavy atom. The summed E-state index contributed by atoms with van der Waals surface area (Å²) in [7, 11) is 1.57. The summed E-state index contributed by atoms with van der Waals surface area (Å²) in [6.45, 7) is 9.91. The summed E-state index contributed by atoms with van der Waals surface area (Å²) >= 11 is 0. The van der Waals surface area contributed by atoms with Crippen molar-refractivity contribution in [2.24, 2.45) is 5.92 Å². The van der Waals surface area contributed by atoms with Crippen LogP contribution in [0.2, 0.25) is 0 Å². The molecule has 2 aromatic rings. The molecule has 2 amide bonds. The first-order chi connectivity index (χ1) is 11.7. The van der Waals surface area contributed by atoms with Crippen molar-refractivity contribution in [2.75, 3.05) is 7.05 Å². The van der Waals surface area contributed by atoms with E-state index in [2.05, 4.69) is 20.7 Å². The van der Waals surface area contributed by atoms with E-state index in [9.17, 15) is 9.59 Å². The van der Waals surface area contributed by atoms with Crippen LogP contribution >= 0.6 is 0 Å². The number of aryl methyl sites for hydroxylation is 1. The summed E-state index contributed by atoms with van der Waals surface area (Å²) in [4.78, 5) is 29.4. The van der Waals surface area contributed by atoms with Crippen molar-refractivity contribution in [3.05, 3.63) is 23.5 Å². The van der Waals surface area contributed by atoms with Crippen LogP contribution in [0.15, 0.2) is 12.3 Å². The molecule has 0 aromatic carbocycles. The summed E-state index contributed by atoms with van der Waals surface area (Å²) in [6.07, 6.45) is 2.23. The van der Waals surface area contributed by atoms with E-state index >= 15 is 0 Å². The lowest BCUT2D eigenvalue weighted by Crippen LogP contribution is -2.46. The third-order valence-electron chi connectivity index (χ3n) is 4.00. The summed E-state index contributed by atoms with van der Waals surface area (Å²) in [5.74, 6) is -0.194. The number of rotatable bonds is 6. The van der Waals surface area contributed by atoms with Crippen molar-refractivity contribution in [1.29, 1.82) is 0 Å². The second-order valence-electron chi connectivity index (χ2n) is 7.00. The van der Waals surface area contributed by atoms with E-state index in [0.717, 1.165) is 5.69 Å². The molecular formula is C18H27N5O2. The first-order valence-electron chi connectivity index (χ1n) is 8.61. The lowest BCUT2D eigenvalue weighted by atomic mass is 10.0. The van der Waals surface area contributed by atoms with Crippen molar-refractivity contribution < 1.29 is 9.59 Å². The van der Waals surface area contributed by atoms with Crippen LogP contribution in [0, 0.1) is 12.8 Å². The van der Waals surface area contributed by atoms with Gasteiger partial charge in [0.15, 0.2) is 5.65 Å². The maximum Gasteiger partial charge on any atom is 0.252 e. The van der Waals surface area contributed by atoms with Gasteiger partial charge in [-0.05, 0) is 39.2 Å². The number of nitrogens with one attached hydrogen (secondary N) is 2. The molecule has 0 saturated heterocycles. The molecule has 0 aliphatic heterocycles. The van der Waals surface area contributed by atoms with Crippen LogP contribution in [0.5, 0.6) is 0 Å². The molecule has 25 heavy (non-hydrogen) atoms. The average molecular weight is 345 g/mol. The molecule has 2 aromatic heterocycles. The normalized spacial score (nSPS) is 12.6. The Hall–Kier alpha value is -2.44. The average Bonchev–Trinajstić information content (AvgIpc) is 2.95. The van der Waals surface area contributed by atoms with E-state index in [1.165, 1.54) is 0 Å². The Morgan fingerprint density at radius 1 is 1.24 bits per heavy atom. The van der Waals surface area contributed by atoms with Crippen LogP contribution in [-0.2, 0) is 4.79 Å². The molecule has 0 radical (unpaired) electrons. The first-order valence-corrected chi connectivity index (χ1v) is 8.61. The number of pyridine rings is 1. The van der Waals surface area contributed by atoms with Gasteiger partial charge in [0, 0.05) is 18.8 Å². The van der Waals surface area contributed by atoms with E-state index in [1.807, 2.05) is 34.6 Å². The second-order valence-corrected chi connectivity index (χ2v) is 7.00. The zero-order chi connectivity index (χ0) is 18.7. The van der Waals surface area contributed by atoms with Gasteiger partial charge in [0.25, 0.3) is 5.91 Å².